The Morgan fingerprint density at radius 3 is 1.63 bits per heavy atom. The van der Waals surface area contributed by atoms with Crippen LogP contribution in [0.1, 0.15) is 71.8 Å². The lowest BCUT2D eigenvalue weighted by molar-refractivity contribution is 0.100. The standard InChI is InChI=1S/C20H20N4O4S.C19H17FN4O4S.CH4/c1-4-5-6-16-12-28-19-17(29(26,27)23-16)11-24(3)18(19)20(25)22-15-8-7-13(2)14(9-15)10-21;1-3-4-5-14-11-28-18-16(29(26,27)23-14)10-24(2)17(18)19(25)22-13-6-7-15(20)12(8-13)9-21;/h7-9,11,16,23H,6,12H2,1-3H3,(H,22,25);6-8,10,14,23H,5,11H2,1-2H3,(H,22,25);1H4/t16-;14-;/m10./s1. The number of hydrogen-bond acceptors (Lipinski definition) is 10. The Balaban J connectivity index is 0.000000256. The number of nitriles is 2. The number of rotatable bonds is 6. The number of aryl methyl sites for hydroxylation is 3. The Morgan fingerprint density at radius 2 is 1.20 bits per heavy atom. The first-order chi connectivity index (χ1) is 27.5. The van der Waals surface area contributed by atoms with Crippen LogP contribution < -0.4 is 29.6 Å². The van der Waals surface area contributed by atoms with Crippen molar-refractivity contribution in [2.75, 3.05) is 23.8 Å². The highest BCUT2D eigenvalue weighted by molar-refractivity contribution is 7.90. The van der Waals surface area contributed by atoms with Gasteiger partial charge in [0.25, 0.3) is 11.8 Å². The number of nitrogens with zero attached hydrogens (tertiary/aromatic N) is 4. The molecule has 19 heteroatoms. The number of benzene rings is 2. The van der Waals surface area contributed by atoms with Gasteiger partial charge in [-0.05, 0) is 56.7 Å². The summed E-state index contributed by atoms with van der Waals surface area (Å²) >= 11 is 0. The van der Waals surface area contributed by atoms with E-state index in [4.69, 9.17) is 20.0 Å². The first kappa shape index (κ1) is 45.1. The Kier molecular flexibility index (Phi) is 14.3. The van der Waals surface area contributed by atoms with Crippen LogP contribution in [0.3, 0.4) is 0 Å². The maximum atomic E-state index is 13.5. The van der Waals surface area contributed by atoms with Crippen LogP contribution >= 0.6 is 0 Å². The summed E-state index contributed by atoms with van der Waals surface area (Å²) in [4.78, 5) is 25.4. The molecule has 59 heavy (non-hydrogen) atoms. The SMILES string of the molecule is C.CC#CC[C@@H]1COc2c(cn(C)c2C(=O)Nc2ccc(C)c(C#N)c2)S(=O)(=O)N1.CC#CC[C@H]1COc2c(cn(C)c2C(=O)Nc2ccc(F)c(C#N)c2)S(=O)(=O)N1. The lowest BCUT2D eigenvalue weighted by Gasteiger charge is -2.13. The maximum absolute atomic E-state index is 13.5. The molecule has 4 aromatic rings. The number of amides is 2. The van der Waals surface area contributed by atoms with Gasteiger partial charge in [0.05, 0.1) is 29.3 Å². The lowest BCUT2D eigenvalue weighted by atomic mass is 10.1. The van der Waals surface area contributed by atoms with Crippen molar-refractivity contribution in [3.05, 3.63) is 82.7 Å². The number of halogens is 1. The molecule has 4 heterocycles. The molecule has 2 atom stereocenters. The minimum Gasteiger partial charge on any atom is -0.488 e. The van der Waals surface area contributed by atoms with Crippen molar-refractivity contribution >= 4 is 43.2 Å². The zero-order valence-corrected chi connectivity index (χ0v) is 33.5. The second-order valence-corrected chi connectivity index (χ2v) is 16.3. The zero-order chi connectivity index (χ0) is 42.4. The average Bonchev–Trinajstić information content (AvgIpc) is 3.64. The van der Waals surface area contributed by atoms with Gasteiger partial charge in [-0.15, -0.1) is 23.7 Å². The van der Waals surface area contributed by atoms with E-state index >= 15 is 0 Å². The summed E-state index contributed by atoms with van der Waals surface area (Å²) in [5.74, 6) is 9.07. The molecule has 0 bridgehead atoms. The topological polar surface area (TPSA) is 226 Å². The van der Waals surface area contributed by atoms with Crippen LogP contribution in [-0.4, -0.2) is 63.1 Å². The highest BCUT2D eigenvalue weighted by atomic mass is 32.2. The molecule has 2 aliphatic heterocycles. The minimum absolute atomic E-state index is 0. The van der Waals surface area contributed by atoms with E-state index < -0.39 is 49.8 Å². The highest BCUT2D eigenvalue weighted by Crippen LogP contribution is 2.34. The van der Waals surface area contributed by atoms with E-state index in [1.165, 1.54) is 40.7 Å². The summed E-state index contributed by atoms with van der Waals surface area (Å²) in [5, 5.41) is 23.3. The molecule has 2 aromatic heterocycles. The minimum atomic E-state index is -3.92. The van der Waals surface area contributed by atoms with Gasteiger partial charge in [0, 0.05) is 50.7 Å². The molecule has 2 aliphatic rings. The van der Waals surface area contributed by atoms with Crippen LogP contribution in [0, 0.1) is 59.1 Å². The number of carbonyl (C=O) groups is 2. The largest absolute Gasteiger partial charge is 0.488 e. The summed E-state index contributed by atoms with van der Waals surface area (Å²) in [6.45, 7) is 5.17. The summed E-state index contributed by atoms with van der Waals surface area (Å²) in [6, 6.07) is 11.2. The molecule has 16 nitrogen and oxygen atoms in total. The molecule has 0 spiro atoms. The van der Waals surface area contributed by atoms with Gasteiger partial charge in [-0.3, -0.25) is 9.59 Å². The van der Waals surface area contributed by atoms with E-state index in [-0.39, 0.29) is 71.0 Å². The van der Waals surface area contributed by atoms with Crippen molar-refractivity contribution in [2.24, 2.45) is 14.1 Å². The lowest BCUT2D eigenvalue weighted by Crippen LogP contribution is -2.36. The average molecular weight is 845 g/mol. The summed E-state index contributed by atoms with van der Waals surface area (Å²) in [7, 11) is -4.71. The molecule has 0 aliphatic carbocycles. The first-order valence-corrected chi connectivity index (χ1v) is 20.3. The molecule has 0 radical (unpaired) electrons. The van der Waals surface area contributed by atoms with Gasteiger partial charge >= 0.3 is 0 Å². The van der Waals surface area contributed by atoms with Crippen molar-refractivity contribution in [3.8, 4) is 47.3 Å². The van der Waals surface area contributed by atoms with Gasteiger partial charge in [0.15, 0.2) is 22.9 Å². The van der Waals surface area contributed by atoms with Crippen LogP contribution in [0.5, 0.6) is 11.5 Å². The van der Waals surface area contributed by atoms with Gasteiger partial charge in [-0.1, -0.05) is 13.5 Å². The van der Waals surface area contributed by atoms with Gasteiger partial charge in [-0.25, -0.2) is 30.7 Å². The quantitative estimate of drug-likeness (QED) is 0.202. The molecule has 2 aromatic carbocycles. The van der Waals surface area contributed by atoms with Crippen LogP contribution in [0.4, 0.5) is 15.8 Å². The van der Waals surface area contributed by atoms with Crippen molar-refractivity contribution < 1.29 is 40.3 Å². The Morgan fingerprint density at radius 1 is 0.780 bits per heavy atom. The van der Waals surface area contributed by atoms with Crippen LogP contribution in [-0.2, 0) is 34.1 Å². The van der Waals surface area contributed by atoms with E-state index in [9.17, 15) is 30.8 Å². The number of sulfonamides is 2. The molecule has 0 saturated heterocycles. The highest BCUT2D eigenvalue weighted by Gasteiger charge is 2.36. The monoisotopic (exact) mass is 844 g/mol. The van der Waals surface area contributed by atoms with Crippen molar-refractivity contribution in [1.82, 2.24) is 18.6 Å². The third kappa shape index (κ3) is 10.1. The third-order valence-corrected chi connectivity index (χ3v) is 11.8. The van der Waals surface area contributed by atoms with Gasteiger partial charge in [0.2, 0.25) is 20.0 Å². The van der Waals surface area contributed by atoms with E-state index in [0.29, 0.717) is 17.7 Å². The molecular formula is C40H41FN8O8S2. The number of ether oxygens (including phenoxy) is 2. The van der Waals surface area contributed by atoms with E-state index in [1.807, 2.05) is 0 Å². The Labute approximate surface area is 342 Å². The van der Waals surface area contributed by atoms with E-state index in [1.54, 1.807) is 52.1 Å². The Hall–Kier alpha value is -6.61. The number of nitrogens with one attached hydrogen (secondary N) is 4. The normalized spacial score (nSPS) is 16.7. The predicted molar refractivity (Wildman–Crippen MR) is 216 cm³/mol. The maximum Gasteiger partial charge on any atom is 0.276 e. The number of hydrogen-bond donors (Lipinski definition) is 4. The van der Waals surface area contributed by atoms with Gasteiger partial charge < -0.3 is 29.2 Å². The Bertz CT molecular complexity index is 2550. The van der Waals surface area contributed by atoms with Gasteiger partial charge in [-0.2, -0.15) is 10.5 Å². The second-order valence-electron chi connectivity index (χ2n) is 12.9. The molecular weight excluding hydrogens is 804 g/mol. The van der Waals surface area contributed by atoms with E-state index in [2.05, 4.69) is 49.8 Å². The molecule has 0 fully saturated rings. The first-order valence-electron chi connectivity index (χ1n) is 17.3. The second kappa shape index (κ2) is 18.8. The summed E-state index contributed by atoms with van der Waals surface area (Å²) in [5.41, 5.74) is 1.68. The number of carbonyl (C=O) groups excluding carboxylic acids is 2. The molecule has 308 valence electrons. The molecule has 2 amide bonds. The number of fused-ring (bicyclic) bond motifs is 2. The fraction of sp³-hybridized carbons (Fsp3) is 0.300. The number of anilines is 2. The van der Waals surface area contributed by atoms with Gasteiger partial charge in [0.1, 0.15) is 34.9 Å². The smallest absolute Gasteiger partial charge is 0.276 e. The number of aromatic nitrogens is 2. The van der Waals surface area contributed by atoms with Crippen molar-refractivity contribution in [2.45, 2.75) is 62.9 Å². The molecule has 4 N–H and O–H groups in total. The fourth-order valence-electron chi connectivity index (χ4n) is 5.88. The third-order valence-electron chi connectivity index (χ3n) is 8.73. The molecule has 6 rings (SSSR count). The predicted octanol–water partition coefficient (Wildman–Crippen LogP) is 4.29. The van der Waals surface area contributed by atoms with Crippen molar-refractivity contribution in [1.29, 1.82) is 10.5 Å². The molecule has 0 saturated carbocycles. The summed E-state index contributed by atoms with van der Waals surface area (Å²) in [6.07, 6.45) is 3.19. The fourth-order valence-corrected chi connectivity index (χ4v) is 8.71. The van der Waals surface area contributed by atoms with E-state index in [0.717, 1.165) is 11.6 Å². The van der Waals surface area contributed by atoms with Crippen LogP contribution in [0.2, 0.25) is 0 Å². The van der Waals surface area contributed by atoms with Crippen LogP contribution in [0.15, 0.2) is 58.6 Å². The zero-order valence-electron chi connectivity index (χ0n) is 31.9. The summed E-state index contributed by atoms with van der Waals surface area (Å²) < 4.78 is 83.5. The van der Waals surface area contributed by atoms with Crippen LogP contribution in [0.25, 0.3) is 0 Å². The molecule has 0 unspecified atom stereocenters. The van der Waals surface area contributed by atoms with Crippen molar-refractivity contribution in [3.63, 3.8) is 0 Å².